The van der Waals surface area contributed by atoms with Crippen LogP contribution < -0.4 is 5.32 Å². The fraction of sp³-hybridized carbons (Fsp3) is 0.462. The number of para-hydroxylation sites is 1. The maximum absolute atomic E-state index is 12.5. The highest BCUT2D eigenvalue weighted by atomic mass is 16.2. The summed E-state index contributed by atoms with van der Waals surface area (Å²) in [6, 6.07) is 16.0. The fourth-order valence-electron chi connectivity index (χ4n) is 4.37. The van der Waals surface area contributed by atoms with Crippen molar-refractivity contribution in [1.29, 1.82) is 0 Å². The Morgan fingerprint density at radius 3 is 2.26 bits per heavy atom. The summed E-state index contributed by atoms with van der Waals surface area (Å²) in [4.78, 5) is 19.0. The van der Waals surface area contributed by atoms with Crippen LogP contribution in [0, 0.1) is 13.8 Å². The molecule has 3 aromatic rings. The molecule has 1 aliphatic heterocycles. The predicted octanol–water partition coefficient (Wildman–Crippen LogP) is 3.38. The second-order valence-corrected chi connectivity index (χ2v) is 9.07. The van der Waals surface area contributed by atoms with E-state index in [9.17, 15) is 4.79 Å². The quantitative estimate of drug-likeness (QED) is 0.466. The molecule has 2 heterocycles. The molecular formula is C26H35N7O. The lowest BCUT2D eigenvalue weighted by molar-refractivity contribution is -0.117. The molecule has 4 rings (SSSR count). The van der Waals surface area contributed by atoms with Gasteiger partial charge < -0.3 is 10.2 Å². The van der Waals surface area contributed by atoms with E-state index in [1.165, 1.54) is 0 Å². The first-order valence-electron chi connectivity index (χ1n) is 12.2. The molecule has 0 bridgehead atoms. The van der Waals surface area contributed by atoms with Gasteiger partial charge in [0.05, 0.1) is 13.1 Å². The Kier molecular flexibility index (Phi) is 8.38. The van der Waals surface area contributed by atoms with Crippen LogP contribution in [0.2, 0.25) is 0 Å². The molecule has 180 valence electrons. The van der Waals surface area contributed by atoms with Crippen LogP contribution in [0.1, 0.15) is 30.4 Å². The number of rotatable bonds is 10. The van der Waals surface area contributed by atoms with Gasteiger partial charge in [0.25, 0.3) is 0 Å². The van der Waals surface area contributed by atoms with Crippen molar-refractivity contribution in [3.63, 3.8) is 0 Å². The van der Waals surface area contributed by atoms with Crippen molar-refractivity contribution in [2.45, 2.75) is 39.7 Å². The Bertz CT molecular complexity index is 1040. The van der Waals surface area contributed by atoms with Crippen LogP contribution in [-0.2, 0) is 11.3 Å². The number of nitrogens with one attached hydrogen (secondary N) is 1. The van der Waals surface area contributed by atoms with Gasteiger partial charge in [0.2, 0.25) is 11.7 Å². The van der Waals surface area contributed by atoms with Gasteiger partial charge in [-0.05, 0) is 49.6 Å². The first-order chi connectivity index (χ1) is 16.6. The summed E-state index contributed by atoms with van der Waals surface area (Å²) in [7, 11) is 0. The van der Waals surface area contributed by atoms with Crippen molar-refractivity contribution in [2.75, 3.05) is 44.6 Å². The molecule has 8 heteroatoms. The first-order valence-corrected chi connectivity index (χ1v) is 12.2. The lowest BCUT2D eigenvalue weighted by atomic mass is 10.1. The lowest BCUT2D eigenvalue weighted by Crippen LogP contribution is -2.48. The molecule has 1 fully saturated rings. The highest BCUT2D eigenvalue weighted by Crippen LogP contribution is 2.19. The van der Waals surface area contributed by atoms with Crippen molar-refractivity contribution in [2.24, 2.45) is 0 Å². The van der Waals surface area contributed by atoms with E-state index in [-0.39, 0.29) is 5.91 Å². The number of anilines is 1. The number of benzene rings is 2. The molecule has 0 saturated carbocycles. The minimum atomic E-state index is 0.0722. The third-order valence-corrected chi connectivity index (χ3v) is 6.39. The normalized spacial score (nSPS) is 14.9. The zero-order valence-corrected chi connectivity index (χ0v) is 20.3. The Hall–Kier alpha value is -3.10. The van der Waals surface area contributed by atoms with E-state index in [0.717, 1.165) is 80.9 Å². The molecule has 1 saturated heterocycles. The van der Waals surface area contributed by atoms with Crippen LogP contribution in [0.5, 0.6) is 0 Å². The van der Waals surface area contributed by atoms with Gasteiger partial charge >= 0.3 is 0 Å². The average Bonchev–Trinajstić information content (AvgIpc) is 3.32. The molecule has 0 spiro atoms. The summed E-state index contributed by atoms with van der Waals surface area (Å²) < 4.78 is 0. The monoisotopic (exact) mass is 461 g/mol. The molecule has 8 nitrogen and oxygen atoms in total. The van der Waals surface area contributed by atoms with Gasteiger partial charge in [0, 0.05) is 37.4 Å². The smallest absolute Gasteiger partial charge is 0.238 e. The van der Waals surface area contributed by atoms with Gasteiger partial charge in [-0.15, -0.1) is 10.2 Å². The van der Waals surface area contributed by atoms with Crippen molar-refractivity contribution in [1.82, 2.24) is 30.0 Å². The predicted molar refractivity (Wildman–Crippen MR) is 135 cm³/mol. The number of nitrogens with zero attached hydrogens (tertiary/aromatic N) is 6. The summed E-state index contributed by atoms with van der Waals surface area (Å²) in [5, 5.41) is 15.9. The number of tetrazole rings is 1. The molecular weight excluding hydrogens is 426 g/mol. The average molecular weight is 462 g/mol. The van der Waals surface area contributed by atoms with E-state index in [4.69, 9.17) is 0 Å². The van der Waals surface area contributed by atoms with E-state index >= 15 is 0 Å². The first kappa shape index (κ1) is 24.0. The van der Waals surface area contributed by atoms with Gasteiger partial charge in [-0.3, -0.25) is 9.69 Å². The molecule has 1 N–H and O–H groups in total. The second-order valence-electron chi connectivity index (χ2n) is 9.07. The van der Waals surface area contributed by atoms with Crippen molar-refractivity contribution in [3.8, 4) is 11.4 Å². The molecule has 34 heavy (non-hydrogen) atoms. The highest BCUT2D eigenvalue weighted by Gasteiger charge is 2.19. The van der Waals surface area contributed by atoms with Crippen molar-refractivity contribution < 1.29 is 4.79 Å². The number of aromatic nitrogens is 4. The maximum Gasteiger partial charge on any atom is 0.238 e. The SMILES string of the molecule is Cc1cccc(C)c1NC(=O)CN1CCN(CCCCCn2nnc(-c3ccccc3)n2)CC1. The van der Waals surface area contributed by atoms with Crippen LogP contribution >= 0.6 is 0 Å². The molecule has 1 aromatic heterocycles. The molecule has 2 aromatic carbocycles. The van der Waals surface area contributed by atoms with E-state index in [2.05, 4.69) is 30.5 Å². The minimum absolute atomic E-state index is 0.0722. The third kappa shape index (κ3) is 6.71. The van der Waals surface area contributed by atoms with E-state index < -0.39 is 0 Å². The van der Waals surface area contributed by atoms with E-state index in [1.807, 2.05) is 62.4 Å². The molecule has 1 amide bonds. The largest absolute Gasteiger partial charge is 0.324 e. The van der Waals surface area contributed by atoms with E-state index in [1.54, 1.807) is 4.80 Å². The van der Waals surface area contributed by atoms with Gasteiger partial charge in [-0.1, -0.05) is 55.0 Å². The number of unbranched alkanes of at least 4 members (excludes halogenated alkanes) is 2. The minimum Gasteiger partial charge on any atom is -0.324 e. The zero-order chi connectivity index (χ0) is 23.8. The van der Waals surface area contributed by atoms with Gasteiger partial charge in [0.1, 0.15) is 0 Å². The number of aryl methyl sites for hydroxylation is 3. The summed E-state index contributed by atoms with van der Waals surface area (Å²) in [6.07, 6.45) is 3.34. The molecule has 1 aliphatic rings. The van der Waals surface area contributed by atoms with Crippen molar-refractivity contribution in [3.05, 3.63) is 59.7 Å². The van der Waals surface area contributed by atoms with Crippen LogP contribution in [-0.4, -0.2) is 75.2 Å². The van der Waals surface area contributed by atoms with Crippen molar-refractivity contribution >= 4 is 11.6 Å². The Labute approximate surface area is 201 Å². The summed E-state index contributed by atoms with van der Waals surface area (Å²) in [5.41, 5.74) is 4.16. The van der Waals surface area contributed by atoms with E-state index in [0.29, 0.717) is 12.4 Å². The topological polar surface area (TPSA) is 79.2 Å². The zero-order valence-electron chi connectivity index (χ0n) is 20.3. The summed E-state index contributed by atoms with van der Waals surface area (Å²) >= 11 is 0. The number of carbonyl (C=O) groups is 1. The van der Waals surface area contributed by atoms with Gasteiger partial charge in [-0.25, -0.2) is 0 Å². The van der Waals surface area contributed by atoms with Crippen LogP contribution in [0.4, 0.5) is 5.69 Å². The summed E-state index contributed by atoms with van der Waals surface area (Å²) in [6.45, 7) is 10.3. The maximum atomic E-state index is 12.5. The highest BCUT2D eigenvalue weighted by molar-refractivity contribution is 5.93. The third-order valence-electron chi connectivity index (χ3n) is 6.39. The number of hydrogen-bond donors (Lipinski definition) is 1. The van der Waals surface area contributed by atoms with Crippen LogP contribution in [0.25, 0.3) is 11.4 Å². The Balaban J connectivity index is 1.09. The number of carbonyl (C=O) groups excluding carboxylic acids is 1. The Morgan fingerprint density at radius 1 is 0.853 bits per heavy atom. The number of amides is 1. The van der Waals surface area contributed by atoms with Gasteiger partial charge in [-0.2, -0.15) is 4.80 Å². The molecule has 0 aliphatic carbocycles. The van der Waals surface area contributed by atoms with Crippen LogP contribution in [0.3, 0.4) is 0 Å². The van der Waals surface area contributed by atoms with Crippen LogP contribution in [0.15, 0.2) is 48.5 Å². The molecule has 0 unspecified atom stereocenters. The fourth-order valence-corrected chi connectivity index (χ4v) is 4.37. The van der Waals surface area contributed by atoms with Gasteiger partial charge in [0.15, 0.2) is 0 Å². The number of hydrogen-bond acceptors (Lipinski definition) is 6. The summed E-state index contributed by atoms with van der Waals surface area (Å²) in [5.74, 6) is 0.754. The molecule has 0 atom stereocenters. The number of piperazine rings is 1. The standard InChI is InChI=1S/C26H35N7O/c1-21-10-9-11-22(2)25(21)27-24(34)20-32-18-16-31(17-19-32)14-7-4-8-15-33-29-26(28-30-33)23-12-5-3-6-13-23/h3,5-6,9-13H,4,7-8,14-20H2,1-2H3,(H,27,34). The lowest BCUT2D eigenvalue weighted by Gasteiger charge is -2.34. The second kappa shape index (κ2) is 11.9. The molecule has 0 radical (unpaired) electrons. The Morgan fingerprint density at radius 2 is 1.53 bits per heavy atom.